The van der Waals surface area contributed by atoms with Crippen molar-refractivity contribution in [1.82, 2.24) is 4.98 Å². The van der Waals surface area contributed by atoms with Crippen molar-refractivity contribution in [2.75, 3.05) is 5.73 Å². The van der Waals surface area contributed by atoms with Gasteiger partial charge in [0, 0.05) is 5.56 Å². The Kier molecular flexibility index (Phi) is 3.18. The topological polar surface area (TPSA) is 52.0 Å². The van der Waals surface area contributed by atoms with Crippen molar-refractivity contribution in [3.63, 3.8) is 0 Å². The molecule has 0 radical (unpaired) electrons. The fraction of sp³-hybridized carbons (Fsp3) is 0.357. The van der Waals surface area contributed by atoms with Gasteiger partial charge in [0.1, 0.15) is 11.5 Å². The van der Waals surface area contributed by atoms with Gasteiger partial charge in [-0.2, -0.15) is 4.98 Å². The van der Waals surface area contributed by atoms with E-state index in [2.05, 4.69) is 43.1 Å². The minimum atomic E-state index is 0.226. The van der Waals surface area contributed by atoms with E-state index in [1.165, 1.54) is 5.56 Å². The van der Waals surface area contributed by atoms with Crippen molar-refractivity contribution in [3.8, 4) is 11.3 Å². The lowest BCUT2D eigenvalue weighted by Gasteiger charge is -2.05. The first-order valence-corrected chi connectivity index (χ1v) is 5.88. The van der Waals surface area contributed by atoms with E-state index in [0.29, 0.717) is 5.92 Å². The molecule has 1 heterocycles. The van der Waals surface area contributed by atoms with Gasteiger partial charge in [0.15, 0.2) is 0 Å². The summed E-state index contributed by atoms with van der Waals surface area (Å²) >= 11 is 0. The van der Waals surface area contributed by atoms with Gasteiger partial charge in [-0.25, -0.2) is 0 Å². The highest BCUT2D eigenvalue weighted by atomic mass is 16.4. The summed E-state index contributed by atoms with van der Waals surface area (Å²) in [5.74, 6) is 1.43. The Bertz CT molecular complexity index is 497. The number of rotatable bonds is 3. The maximum absolute atomic E-state index is 5.53. The largest absolute Gasteiger partial charge is 0.429 e. The summed E-state index contributed by atoms with van der Waals surface area (Å²) in [5, 5.41) is 0. The fourth-order valence-corrected chi connectivity index (χ4v) is 1.95. The van der Waals surface area contributed by atoms with Crippen LogP contribution >= 0.6 is 0 Å². The highest BCUT2D eigenvalue weighted by molar-refractivity contribution is 5.62. The Morgan fingerprint density at radius 2 is 1.88 bits per heavy atom. The Hall–Kier alpha value is -1.77. The van der Waals surface area contributed by atoms with Crippen LogP contribution in [0.2, 0.25) is 0 Å². The molecule has 0 spiro atoms. The number of aromatic nitrogens is 1. The SMILES string of the molecule is Cc1oc(N)nc1-c1ccc(CC(C)C)cc1. The second-order valence-corrected chi connectivity index (χ2v) is 4.75. The number of aryl methyl sites for hydroxylation is 1. The van der Waals surface area contributed by atoms with Crippen LogP contribution in [0.3, 0.4) is 0 Å². The molecule has 2 aromatic rings. The summed E-state index contributed by atoms with van der Waals surface area (Å²) < 4.78 is 5.23. The minimum absolute atomic E-state index is 0.226. The van der Waals surface area contributed by atoms with E-state index >= 15 is 0 Å². The molecule has 0 saturated heterocycles. The zero-order valence-corrected chi connectivity index (χ0v) is 10.5. The third-order valence-electron chi connectivity index (χ3n) is 2.68. The third-order valence-corrected chi connectivity index (χ3v) is 2.68. The predicted octanol–water partition coefficient (Wildman–Crippen LogP) is 3.43. The van der Waals surface area contributed by atoms with Crippen molar-refractivity contribution in [3.05, 3.63) is 35.6 Å². The molecule has 0 amide bonds. The lowest BCUT2D eigenvalue weighted by atomic mass is 10.0. The molecular formula is C14H18N2O. The number of hydrogen-bond acceptors (Lipinski definition) is 3. The van der Waals surface area contributed by atoms with Crippen LogP contribution in [-0.2, 0) is 6.42 Å². The fourth-order valence-electron chi connectivity index (χ4n) is 1.95. The van der Waals surface area contributed by atoms with Gasteiger partial charge in [0.2, 0.25) is 0 Å². The second kappa shape index (κ2) is 4.62. The molecule has 0 unspecified atom stereocenters. The van der Waals surface area contributed by atoms with Gasteiger partial charge >= 0.3 is 0 Å². The molecule has 90 valence electrons. The van der Waals surface area contributed by atoms with Crippen molar-refractivity contribution in [2.45, 2.75) is 27.2 Å². The van der Waals surface area contributed by atoms with Crippen LogP contribution in [0.25, 0.3) is 11.3 Å². The zero-order valence-electron chi connectivity index (χ0n) is 10.5. The van der Waals surface area contributed by atoms with Crippen LogP contribution in [-0.4, -0.2) is 4.98 Å². The van der Waals surface area contributed by atoms with Gasteiger partial charge in [0.05, 0.1) is 0 Å². The predicted molar refractivity (Wildman–Crippen MR) is 69.6 cm³/mol. The molecule has 3 nitrogen and oxygen atoms in total. The van der Waals surface area contributed by atoms with E-state index in [9.17, 15) is 0 Å². The summed E-state index contributed by atoms with van der Waals surface area (Å²) in [6.45, 7) is 6.31. The molecule has 3 heteroatoms. The summed E-state index contributed by atoms with van der Waals surface area (Å²) in [6, 6.07) is 8.65. The van der Waals surface area contributed by atoms with E-state index < -0.39 is 0 Å². The van der Waals surface area contributed by atoms with Crippen LogP contribution in [0.15, 0.2) is 28.7 Å². The normalized spacial score (nSPS) is 11.1. The molecule has 0 aliphatic rings. The molecular weight excluding hydrogens is 212 g/mol. The molecule has 2 N–H and O–H groups in total. The summed E-state index contributed by atoms with van der Waals surface area (Å²) in [7, 11) is 0. The second-order valence-electron chi connectivity index (χ2n) is 4.75. The number of hydrogen-bond donors (Lipinski definition) is 1. The van der Waals surface area contributed by atoms with Gasteiger partial charge in [-0.3, -0.25) is 0 Å². The number of anilines is 1. The first-order valence-electron chi connectivity index (χ1n) is 5.88. The molecule has 0 saturated carbocycles. The van der Waals surface area contributed by atoms with Gasteiger partial charge in [-0.1, -0.05) is 38.1 Å². The molecule has 1 aromatic heterocycles. The maximum atomic E-state index is 5.53. The lowest BCUT2D eigenvalue weighted by Crippen LogP contribution is -1.93. The smallest absolute Gasteiger partial charge is 0.292 e. The molecule has 2 rings (SSSR count). The quantitative estimate of drug-likeness (QED) is 0.878. The summed E-state index contributed by atoms with van der Waals surface area (Å²) in [4.78, 5) is 4.18. The van der Waals surface area contributed by atoms with Gasteiger partial charge in [-0.05, 0) is 24.8 Å². The number of nitrogens with zero attached hydrogens (tertiary/aromatic N) is 1. The van der Waals surface area contributed by atoms with Crippen molar-refractivity contribution in [2.24, 2.45) is 5.92 Å². The Morgan fingerprint density at radius 3 is 2.35 bits per heavy atom. The van der Waals surface area contributed by atoms with Crippen molar-refractivity contribution < 1.29 is 4.42 Å². The van der Waals surface area contributed by atoms with Gasteiger partial charge in [-0.15, -0.1) is 0 Å². The third kappa shape index (κ3) is 2.67. The molecule has 0 aliphatic heterocycles. The van der Waals surface area contributed by atoms with Gasteiger partial charge < -0.3 is 10.2 Å². The van der Waals surface area contributed by atoms with Crippen molar-refractivity contribution >= 4 is 6.01 Å². The van der Waals surface area contributed by atoms with Crippen LogP contribution in [0.4, 0.5) is 6.01 Å². The average Bonchev–Trinajstić information content (AvgIpc) is 2.58. The standard InChI is InChI=1S/C14H18N2O/c1-9(2)8-11-4-6-12(7-5-11)13-10(3)17-14(15)16-13/h4-7,9H,8H2,1-3H3,(H2,15,16). The van der Waals surface area contributed by atoms with E-state index in [1.54, 1.807) is 0 Å². The maximum Gasteiger partial charge on any atom is 0.292 e. The highest BCUT2D eigenvalue weighted by Gasteiger charge is 2.09. The summed E-state index contributed by atoms with van der Waals surface area (Å²) in [5.41, 5.74) is 8.76. The number of nitrogen functional groups attached to an aromatic ring is 1. The van der Waals surface area contributed by atoms with Crippen LogP contribution in [0.1, 0.15) is 25.2 Å². The Balaban J connectivity index is 2.26. The van der Waals surface area contributed by atoms with Crippen LogP contribution in [0.5, 0.6) is 0 Å². The first kappa shape index (κ1) is 11.7. The molecule has 0 aliphatic carbocycles. The van der Waals surface area contributed by atoms with Gasteiger partial charge in [0.25, 0.3) is 6.01 Å². The number of oxazole rings is 1. The number of benzene rings is 1. The monoisotopic (exact) mass is 230 g/mol. The number of nitrogens with two attached hydrogens (primary N) is 1. The molecule has 0 bridgehead atoms. The van der Waals surface area contributed by atoms with E-state index in [0.717, 1.165) is 23.4 Å². The zero-order chi connectivity index (χ0) is 12.4. The van der Waals surface area contributed by atoms with E-state index in [1.807, 2.05) is 6.92 Å². The van der Waals surface area contributed by atoms with Crippen LogP contribution < -0.4 is 5.73 Å². The molecule has 17 heavy (non-hydrogen) atoms. The highest BCUT2D eigenvalue weighted by Crippen LogP contribution is 2.24. The molecule has 1 aromatic carbocycles. The molecule has 0 fully saturated rings. The lowest BCUT2D eigenvalue weighted by molar-refractivity contribution is 0.549. The molecule has 0 atom stereocenters. The first-order chi connectivity index (χ1) is 8.06. The van der Waals surface area contributed by atoms with E-state index in [4.69, 9.17) is 10.2 Å². The van der Waals surface area contributed by atoms with E-state index in [-0.39, 0.29) is 6.01 Å². The minimum Gasteiger partial charge on any atom is -0.429 e. The Labute approximate surface area is 102 Å². The van der Waals surface area contributed by atoms with Crippen molar-refractivity contribution in [1.29, 1.82) is 0 Å². The Morgan fingerprint density at radius 1 is 1.24 bits per heavy atom. The summed E-state index contributed by atoms with van der Waals surface area (Å²) in [6.07, 6.45) is 1.10. The van der Waals surface area contributed by atoms with Crippen LogP contribution in [0, 0.1) is 12.8 Å². The average molecular weight is 230 g/mol.